The number of phenolic OH excluding ortho intramolecular Hbond substituents is 1. The number of halogens is 1. The van der Waals surface area contributed by atoms with Crippen molar-refractivity contribution in [1.82, 2.24) is 0 Å². The minimum Gasteiger partial charge on any atom is -0.507 e. The van der Waals surface area contributed by atoms with Crippen LogP contribution in [0.1, 0.15) is 36.7 Å². The highest BCUT2D eigenvalue weighted by Crippen LogP contribution is 2.20. The molecule has 0 aliphatic rings. The van der Waals surface area contributed by atoms with E-state index in [-0.39, 0.29) is 11.3 Å². The van der Waals surface area contributed by atoms with Crippen LogP contribution < -0.4 is 0 Å². The molecule has 0 heterocycles. The topological polar surface area (TPSA) is 37.3 Å². The Kier molecular flexibility index (Phi) is 5.53. The van der Waals surface area contributed by atoms with E-state index in [0.717, 1.165) is 6.07 Å². The molecular weight excluding hydrogens is 183 g/mol. The van der Waals surface area contributed by atoms with Crippen molar-refractivity contribution < 1.29 is 14.3 Å². The molecule has 0 saturated heterocycles. The van der Waals surface area contributed by atoms with Crippen LogP contribution in [0.3, 0.4) is 0 Å². The third kappa shape index (κ3) is 2.83. The molecule has 0 spiro atoms. The fraction of sp³-hybridized carbons (Fsp3) is 0.364. The number of phenols is 1. The molecule has 1 rings (SSSR count). The van der Waals surface area contributed by atoms with E-state index >= 15 is 0 Å². The number of benzene rings is 1. The van der Waals surface area contributed by atoms with Gasteiger partial charge in [0, 0.05) is 0 Å². The summed E-state index contributed by atoms with van der Waals surface area (Å²) in [7, 11) is 0. The highest BCUT2D eigenvalue weighted by atomic mass is 19.1. The standard InChI is InChI=1S/C9H9FO2.C2H6/c1-2-6-4-9(12)7(5-11)3-8(6)10;1-2/h3-5,12H,2H2,1H3;1-2H3. The Morgan fingerprint density at radius 3 is 2.43 bits per heavy atom. The molecule has 14 heavy (non-hydrogen) atoms. The van der Waals surface area contributed by atoms with Gasteiger partial charge in [-0.15, -0.1) is 0 Å². The van der Waals surface area contributed by atoms with Gasteiger partial charge in [0.25, 0.3) is 0 Å². The second-order valence-corrected chi connectivity index (χ2v) is 2.47. The molecule has 0 aromatic heterocycles. The number of aryl methyl sites for hydroxylation is 1. The summed E-state index contributed by atoms with van der Waals surface area (Å²) < 4.78 is 12.9. The molecular formula is C11H15FO2. The summed E-state index contributed by atoms with van der Waals surface area (Å²) in [6.45, 7) is 5.78. The minimum atomic E-state index is -0.447. The second kappa shape index (κ2) is 6.13. The largest absolute Gasteiger partial charge is 0.507 e. The van der Waals surface area contributed by atoms with Gasteiger partial charge in [-0.05, 0) is 24.1 Å². The number of rotatable bonds is 2. The van der Waals surface area contributed by atoms with Crippen LogP contribution in [0.25, 0.3) is 0 Å². The molecule has 3 heteroatoms. The number of aromatic hydroxyl groups is 1. The lowest BCUT2D eigenvalue weighted by atomic mass is 10.1. The molecule has 1 aromatic rings. The molecule has 0 bridgehead atoms. The molecule has 0 radical (unpaired) electrons. The lowest BCUT2D eigenvalue weighted by Crippen LogP contribution is -1.91. The van der Waals surface area contributed by atoms with E-state index in [9.17, 15) is 9.18 Å². The first kappa shape index (κ1) is 12.6. The summed E-state index contributed by atoms with van der Waals surface area (Å²) in [6, 6.07) is 2.32. The maximum atomic E-state index is 12.9. The maximum absolute atomic E-state index is 12.9. The first-order chi connectivity index (χ1) is 6.69. The Morgan fingerprint density at radius 1 is 1.43 bits per heavy atom. The minimum absolute atomic E-state index is 0.00954. The zero-order valence-electron chi connectivity index (χ0n) is 8.67. The van der Waals surface area contributed by atoms with Crippen LogP contribution in [0.4, 0.5) is 4.39 Å². The summed E-state index contributed by atoms with van der Waals surface area (Å²) in [5.74, 6) is -0.611. The smallest absolute Gasteiger partial charge is 0.153 e. The Morgan fingerprint density at radius 2 is 2.00 bits per heavy atom. The van der Waals surface area contributed by atoms with E-state index in [1.54, 1.807) is 6.92 Å². The van der Waals surface area contributed by atoms with Crippen LogP contribution in [-0.4, -0.2) is 11.4 Å². The van der Waals surface area contributed by atoms with E-state index < -0.39 is 5.82 Å². The van der Waals surface area contributed by atoms with Gasteiger partial charge in [-0.3, -0.25) is 4.79 Å². The van der Waals surface area contributed by atoms with Crippen molar-refractivity contribution >= 4 is 6.29 Å². The number of aldehydes is 1. The van der Waals surface area contributed by atoms with Crippen molar-refractivity contribution in [3.05, 3.63) is 29.1 Å². The van der Waals surface area contributed by atoms with Crippen molar-refractivity contribution in [3.8, 4) is 5.75 Å². The average molecular weight is 198 g/mol. The van der Waals surface area contributed by atoms with Gasteiger partial charge in [0.15, 0.2) is 6.29 Å². The fourth-order valence-corrected chi connectivity index (χ4v) is 0.986. The van der Waals surface area contributed by atoms with Crippen molar-refractivity contribution in [2.45, 2.75) is 27.2 Å². The molecule has 1 N–H and O–H groups in total. The van der Waals surface area contributed by atoms with Gasteiger partial charge in [-0.2, -0.15) is 0 Å². The van der Waals surface area contributed by atoms with Gasteiger partial charge in [0.05, 0.1) is 5.56 Å². The number of carbonyl (C=O) groups is 1. The van der Waals surface area contributed by atoms with Gasteiger partial charge in [-0.1, -0.05) is 20.8 Å². The SMILES string of the molecule is CC.CCc1cc(O)c(C=O)cc1F. The molecule has 0 saturated carbocycles. The van der Waals surface area contributed by atoms with Gasteiger partial charge in [0.2, 0.25) is 0 Å². The predicted octanol–water partition coefficient (Wildman–Crippen LogP) is 2.93. The maximum Gasteiger partial charge on any atom is 0.153 e. The normalized spacial score (nSPS) is 8.86. The van der Waals surface area contributed by atoms with Gasteiger partial charge in [-0.25, -0.2) is 4.39 Å². The quantitative estimate of drug-likeness (QED) is 0.742. The van der Waals surface area contributed by atoms with Crippen molar-refractivity contribution in [2.24, 2.45) is 0 Å². The first-order valence-corrected chi connectivity index (χ1v) is 4.65. The summed E-state index contributed by atoms with van der Waals surface area (Å²) in [5.41, 5.74) is 0.405. The molecule has 0 aliphatic heterocycles. The fourth-order valence-electron chi connectivity index (χ4n) is 0.986. The Balaban J connectivity index is 0.000000791. The van der Waals surface area contributed by atoms with E-state index in [4.69, 9.17) is 5.11 Å². The predicted molar refractivity (Wildman–Crippen MR) is 54.2 cm³/mol. The van der Waals surface area contributed by atoms with E-state index in [1.807, 2.05) is 13.8 Å². The molecule has 2 nitrogen and oxygen atoms in total. The monoisotopic (exact) mass is 198 g/mol. The third-order valence-electron chi connectivity index (χ3n) is 1.70. The Labute approximate surface area is 83.4 Å². The lowest BCUT2D eigenvalue weighted by molar-refractivity contribution is 0.112. The van der Waals surface area contributed by atoms with Crippen molar-refractivity contribution in [2.75, 3.05) is 0 Å². The molecule has 0 unspecified atom stereocenters. The molecule has 1 aromatic carbocycles. The first-order valence-electron chi connectivity index (χ1n) is 4.65. The summed E-state index contributed by atoms with van der Waals surface area (Å²) in [4.78, 5) is 10.3. The molecule has 78 valence electrons. The van der Waals surface area contributed by atoms with E-state index in [1.165, 1.54) is 6.07 Å². The number of carbonyl (C=O) groups excluding carboxylic acids is 1. The molecule has 0 aliphatic carbocycles. The third-order valence-corrected chi connectivity index (χ3v) is 1.70. The zero-order chi connectivity index (χ0) is 11.1. The van der Waals surface area contributed by atoms with Gasteiger partial charge >= 0.3 is 0 Å². The van der Waals surface area contributed by atoms with Crippen LogP contribution in [0, 0.1) is 5.82 Å². The zero-order valence-corrected chi connectivity index (χ0v) is 8.67. The molecule has 0 atom stereocenters. The van der Waals surface area contributed by atoms with Crippen LogP contribution in [0.5, 0.6) is 5.75 Å². The van der Waals surface area contributed by atoms with Gasteiger partial charge in [0.1, 0.15) is 11.6 Å². The van der Waals surface area contributed by atoms with Crippen molar-refractivity contribution in [3.63, 3.8) is 0 Å². The highest BCUT2D eigenvalue weighted by Gasteiger charge is 2.06. The second-order valence-electron chi connectivity index (χ2n) is 2.47. The average Bonchev–Trinajstić information content (AvgIpc) is 2.23. The van der Waals surface area contributed by atoms with E-state index in [0.29, 0.717) is 18.3 Å². The van der Waals surface area contributed by atoms with Crippen LogP contribution in [-0.2, 0) is 6.42 Å². The van der Waals surface area contributed by atoms with E-state index in [2.05, 4.69) is 0 Å². The highest BCUT2D eigenvalue weighted by molar-refractivity contribution is 5.79. The van der Waals surface area contributed by atoms with Crippen molar-refractivity contribution in [1.29, 1.82) is 0 Å². The number of hydrogen-bond donors (Lipinski definition) is 1. The van der Waals surface area contributed by atoms with Gasteiger partial charge < -0.3 is 5.11 Å². The Bertz CT molecular complexity index is 308. The Hall–Kier alpha value is -1.38. The summed E-state index contributed by atoms with van der Waals surface area (Å²) in [5, 5.41) is 9.15. The number of hydrogen-bond acceptors (Lipinski definition) is 2. The summed E-state index contributed by atoms with van der Waals surface area (Å²) in [6.07, 6.45) is 0.927. The lowest BCUT2D eigenvalue weighted by Gasteiger charge is -2.02. The van der Waals surface area contributed by atoms with Crippen LogP contribution >= 0.6 is 0 Å². The molecule has 0 amide bonds. The van der Waals surface area contributed by atoms with Crippen LogP contribution in [0.2, 0.25) is 0 Å². The van der Waals surface area contributed by atoms with Crippen LogP contribution in [0.15, 0.2) is 12.1 Å². The molecule has 0 fully saturated rings. The summed E-state index contributed by atoms with van der Waals surface area (Å²) >= 11 is 0.